The van der Waals surface area contributed by atoms with Gasteiger partial charge in [0.05, 0.1) is 0 Å². The number of carbonyl (C=O) groups is 1. The number of hydrogen-bond donors (Lipinski definition) is 3. The Morgan fingerprint density at radius 1 is 1.23 bits per heavy atom. The van der Waals surface area contributed by atoms with Crippen molar-refractivity contribution < 1.29 is 9.90 Å². The number of rotatable bonds is 8. The standard InChI is InChI=1S/C18H21N3O3.C2H6/c1-5-9-11(6-2)13(8-4)12(7-3)10-14-20-15(17(19)23)16(22)18(24)21-14;1-2/h6-9,22H,2-5,10H2,1H3,(H2,19,23)(H,20,21,24);1-2H3/b11-9+,13-12-;. The molecule has 26 heavy (non-hydrogen) atoms. The molecule has 4 N–H and O–H groups in total. The third-order valence-electron chi connectivity index (χ3n) is 3.29. The molecule has 0 aromatic carbocycles. The highest BCUT2D eigenvalue weighted by atomic mass is 16.3. The summed E-state index contributed by atoms with van der Waals surface area (Å²) in [5.41, 5.74) is 6.22. The predicted octanol–water partition coefficient (Wildman–Crippen LogP) is 3.33. The number of amides is 1. The molecule has 0 aliphatic carbocycles. The van der Waals surface area contributed by atoms with Crippen molar-refractivity contribution in [3.05, 3.63) is 82.6 Å². The third-order valence-corrected chi connectivity index (χ3v) is 3.29. The molecule has 0 atom stereocenters. The van der Waals surface area contributed by atoms with Gasteiger partial charge in [-0.3, -0.25) is 9.59 Å². The molecular weight excluding hydrogens is 330 g/mol. The molecule has 0 aliphatic heterocycles. The first-order valence-corrected chi connectivity index (χ1v) is 8.32. The first kappa shape index (κ1) is 22.9. The summed E-state index contributed by atoms with van der Waals surface area (Å²) in [6.45, 7) is 17.4. The van der Waals surface area contributed by atoms with Crippen molar-refractivity contribution in [2.45, 2.75) is 33.6 Å². The van der Waals surface area contributed by atoms with Gasteiger partial charge in [0.2, 0.25) is 5.75 Å². The molecule has 1 aromatic rings. The normalized spacial score (nSPS) is 11.6. The number of nitrogens with zero attached hydrogens (tertiary/aromatic N) is 1. The zero-order valence-electron chi connectivity index (χ0n) is 15.6. The molecule has 1 amide bonds. The van der Waals surface area contributed by atoms with Gasteiger partial charge in [-0.2, -0.15) is 0 Å². The summed E-state index contributed by atoms with van der Waals surface area (Å²) in [4.78, 5) is 29.4. The van der Waals surface area contributed by atoms with E-state index in [1.807, 2.05) is 26.8 Å². The second-order valence-corrected chi connectivity index (χ2v) is 4.87. The average Bonchev–Trinajstić information content (AvgIpc) is 2.64. The van der Waals surface area contributed by atoms with Crippen LogP contribution in [0.4, 0.5) is 0 Å². The smallest absolute Gasteiger partial charge is 0.293 e. The molecule has 0 bridgehead atoms. The Balaban J connectivity index is 0.00000301. The minimum Gasteiger partial charge on any atom is -0.501 e. The largest absolute Gasteiger partial charge is 0.501 e. The second-order valence-electron chi connectivity index (χ2n) is 4.87. The monoisotopic (exact) mass is 357 g/mol. The SMILES string of the molecule is C=CC(=C\CC)/C(C=C)=C(/C=C)Cc1nc(C(N)=O)c(O)c(=O)[nH]1.CC. The lowest BCUT2D eigenvalue weighted by Crippen LogP contribution is -2.21. The number of carbonyl (C=O) groups excluding carboxylic acids is 1. The van der Waals surface area contributed by atoms with Crippen molar-refractivity contribution in [1.82, 2.24) is 9.97 Å². The van der Waals surface area contributed by atoms with E-state index < -0.39 is 22.9 Å². The number of H-pyrrole nitrogens is 1. The zero-order valence-corrected chi connectivity index (χ0v) is 15.6. The number of allylic oxidation sites excluding steroid dienone is 7. The van der Waals surface area contributed by atoms with E-state index in [0.29, 0.717) is 0 Å². The fraction of sp³-hybridized carbons (Fsp3) is 0.250. The van der Waals surface area contributed by atoms with Gasteiger partial charge in [0.1, 0.15) is 5.82 Å². The number of aromatic hydroxyl groups is 1. The Kier molecular flexibility index (Phi) is 10.0. The van der Waals surface area contributed by atoms with Crippen LogP contribution in [0.5, 0.6) is 5.75 Å². The Hall–Kier alpha value is -3.15. The Bertz CT molecular complexity index is 799. The minimum absolute atomic E-state index is 0.176. The molecule has 1 aromatic heterocycles. The van der Waals surface area contributed by atoms with Crippen molar-refractivity contribution in [3.63, 3.8) is 0 Å². The van der Waals surface area contributed by atoms with Gasteiger partial charge in [0.25, 0.3) is 11.5 Å². The summed E-state index contributed by atoms with van der Waals surface area (Å²) < 4.78 is 0. The summed E-state index contributed by atoms with van der Waals surface area (Å²) in [6, 6.07) is 0. The van der Waals surface area contributed by atoms with Crippen LogP contribution < -0.4 is 11.3 Å². The number of primary amides is 1. The van der Waals surface area contributed by atoms with Gasteiger partial charge in [-0.25, -0.2) is 4.98 Å². The van der Waals surface area contributed by atoms with Crippen molar-refractivity contribution in [1.29, 1.82) is 0 Å². The van der Waals surface area contributed by atoms with Gasteiger partial charge in [0.15, 0.2) is 5.69 Å². The number of nitrogens with two attached hydrogens (primary N) is 1. The zero-order chi connectivity index (χ0) is 20.3. The Morgan fingerprint density at radius 2 is 1.85 bits per heavy atom. The summed E-state index contributed by atoms with van der Waals surface area (Å²) in [5.74, 6) is -1.59. The minimum atomic E-state index is -0.981. The van der Waals surface area contributed by atoms with E-state index in [0.717, 1.165) is 23.1 Å². The molecule has 140 valence electrons. The van der Waals surface area contributed by atoms with Crippen LogP contribution in [0.25, 0.3) is 0 Å². The molecule has 6 heteroatoms. The van der Waals surface area contributed by atoms with Crippen molar-refractivity contribution in [2.75, 3.05) is 0 Å². The molecule has 0 radical (unpaired) electrons. The Labute approximate surface area is 154 Å². The van der Waals surface area contributed by atoms with E-state index in [2.05, 4.69) is 29.7 Å². The molecule has 1 heterocycles. The first-order valence-electron chi connectivity index (χ1n) is 8.32. The summed E-state index contributed by atoms with van der Waals surface area (Å²) in [7, 11) is 0. The number of aromatic amines is 1. The van der Waals surface area contributed by atoms with Crippen molar-refractivity contribution in [2.24, 2.45) is 5.73 Å². The van der Waals surface area contributed by atoms with Crippen LogP contribution in [0.15, 0.2) is 65.6 Å². The highest BCUT2D eigenvalue weighted by molar-refractivity contribution is 5.93. The molecule has 0 saturated heterocycles. The van der Waals surface area contributed by atoms with Gasteiger partial charge >= 0.3 is 0 Å². The van der Waals surface area contributed by atoms with Crippen LogP contribution in [0.2, 0.25) is 0 Å². The van der Waals surface area contributed by atoms with Gasteiger partial charge in [-0.05, 0) is 23.1 Å². The van der Waals surface area contributed by atoms with E-state index in [1.165, 1.54) is 0 Å². The predicted molar refractivity (Wildman–Crippen MR) is 106 cm³/mol. The van der Waals surface area contributed by atoms with E-state index in [9.17, 15) is 14.7 Å². The molecule has 0 spiro atoms. The van der Waals surface area contributed by atoms with Gasteiger partial charge in [0, 0.05) is 6.42 Å². The maximum Gasteiger partial charge on any atom is 0.293 e. The number of aromatic nitrogens is 2. The van der Waals surface area contributed by atoms with E-state index >= 15 is 0 Å². The van der Waals surface area contributed by atoms with Gasteiger partial charge in [-0.15, -0.1) is 0 Å². The molecule has 0 fully saturated rings. The van der Waals surface area contributed by atoms with Gasteiger partial charge < -0.3 is 15.8 Å². The molecule has 1 rings (SSSR count). The van der Waals surface area contributed by atoms with Crippen LogP contribution in [0.3, 0.4) is 0 Å². The average molecular weight is 357 g/mol. The highest BCUT2D eigenvalue weighted by Gasteiger charge is 2.16. The van der Waals surface area contributed by atoms with Crippen LogP contribution >= 0.6 is 0 Å². The maximum absolute atomic E-state index is 11.7. The topological polar surface area (TPSA) is 109 Å². The lowest BCUT2D eigenvalue weighted by molar-refractivity contribution is 0.0992. The van der Waals surface area contributed by atoms with E-state index in [1.54, 1.807) is 18.2 Å². The molecule has 0 saturated carbocycles. The summed E-state index contributed by atoms with van der Waals surface area (Å²) in [6.07, 6.45) is 7.94. The lowest BCUT2D eigenvalue weighted by Gasteiger charge is -2.11. The van der Waals surface area contributed by atoms with Crippen LogP contribution in [0.1, 0.15) is 43.5 Å². The Morgan fingerprint density at radius 3 is 2.27 bits per heavy atom. The molecular formula is C20H27N3O3. The number of nitrogens with one attached hydrogen (secondary N) is 1. The fourth-order valence-corrected chi connectivity index (χ4v) is 2.18. The van der Waals surface area contributed by atoms with Crippen LogP contribution in [-0.2, 0) is 6.42 Å². The fourth-order valence-electron chi connectivity index (χ4n) is 2.18. The third kappa shape index (κ3) is 5.73. The van der Waals surface area contributed by atoms with Gasteiger partial charge in [-0.1, -0.05) is 64.8 Å². The molecule has 6 nitrogen and oxygen atoms in total. The van der Waals surface area contributed by atoms with E-state index in [-0.39, 0.29) is 12.2 Å². The quantitative estimate of drug-likeness (QED) is 0.620. The first-order chi connectivity index (χ1) is 12.4. The molecule has 0 aliphatic rings. The number of hydrogen-bond acceptors (Lipinski definition) is 4. The summed E-state index contributed by atoms with van der Waals surface area (Å²) in [5, 5.41) is 9.56. The lowest BCUT2D eigenvalue weighted by atomic mass is 9.96. The van der Waals surface area contributed by atoms with E-state index in [4.69, 9.17) is 5.73 Å². The van der Waals surface area contributed by atoms with Crippen LogP contribution in [-0.4, -0.2) is 21.0 Å². The van der Waals surface area contributed by atoms with Crippen LogP contribution in [0, 0.1) is 0 Å². The maximum atomic E-state index is 11.7. The second kappa shape index (κ2) is 11.4. The van der Waals surface area contributed by atoms with Crippen molar-refractivity contribution >= 4 is 5.91 Å². The summed E-state index contributed by atoms with van der Waals surface area (Å²) >= 11 is 0. The van der Waals surface area contributed by atoms with Crippen molar-refractivity contribution in [3.8, 4) is 5.75 Å². The molecule has 0 unspecified atom stereocenters. The highest BCUT2D eigenvalue weighted by Crippen LogP contribution is 2.21.